The van der Waals surface area contributed by atoms with Gasteiger partial charge in [0.05, 0.1) is 22.4 Å². The number of carbonyl (C=O) groups excluding carboxylic acids is 1. The maximum absolute atomic E-state index is 12.2. The van der Waals surface area contributed by atoms with E-state index in [9.17, 15) is 4.79 Å². The summed E-state index contributed by atoms with van der Waals surface area (Å²) < 4.78 is 1.76. The highest BCUT2D eigenvalue weighted by molar-refractivity contribution is 7.14. The van der Waals surface area contributed by atoms with Crippen LogP contribution in [0.5, 0.6) is 0 Å². The molecule has 3 aromatic heterocycles. The molecule has 0 spiro atoms. The first-order valence-electron chi connectivity index (χ1n) is 8.28. The van der Waals surface area contributed by atoms with Crippen LogP contribution < -0.4 is 5.32 Å². The average Bonchev–Trinajstić information content (AvgIpc) is 3.31. The van der Waals surface area contributed by atoms with Crippen LogP contribution in [-0.4, -0.2) is 30.6 Å². The van der Waals surface area contributed by atoms with Crippen LogP contribution in [0, 0.1) is 6.92 Å². The van der Waals surface area contributed by atoms with E-state index in [2.05, 4.69) is 25.4 Å². The first-order valence-corrected chi connectivity index (χ1v) is 9.16. The molecule has 0 saturated heterocycles. The first kappa shape index (κ1) is 16.5. The molecule has 2 N–H and O–H groups in total. The van der Waals surface area contributed by atoms with Crippen LogP contribution in [0.25, 0.3) is 22.3 Å². The number of thiazole rings is 1. The van der Waals surface area contributed by atoms with Gasteiger partial charge in [-0.25, -0.2) is 9.97 Å². The fraction of sp³-hybridized carbons (Fsp3) is 0.222. The maximum atomic E-state index is 12.2. The van der Waals surface area contributed by atoms with Gasteiger partial charge >= 0.3 is 0 Å². The number of hydrogen-bond donors (Lipinski definition) is 2. The highest BCUT2D eigenvalue weighted by Gasteiger charge is 2.12. The Bertz CT molecular complexity index is 1040. The Morgan fingerprint density at radius 2 is 2.15 bits per heavy atom. The monoisotopic (exact) mass is 366 g/mol. The molecule has 26 heavy (non-hydrogen) atoms. The Hall–Kier alpha value is -3.00. The Labute approximate surface area is 154 Å². The second-order valence-corrected chi connectivity index (χ2v) is 6.95. The van der Waals surface area contributed by atoms with Gasteiger partial charge in [0, 0.05) is 37.0 Å². The molecule has 0 aliphatic heterocycles. The Morgan fingerprint density at radius 1 is 1.31 bits per heavy atom. The molecule has 0 fully saturated rings. The van der Waals surface area contributed by atoms with Crippen molar-refractivity contribution < 1.29 is 4.79 Å². The van der Waals surface area contributed by atoms with Crippen LogP contribution in [0.4, 0.5) is 5.13 Å². The molecule has 0 aliphatic carbocycles. The van der Waals surface area contributed by atoms with E-state index in [1.165, 1.54) is 11.3 Å². The van der Waals surface area contributed by atoms with Gasteiger partial charge in [-0.3, -0.25) is 9.48 Å². The van der Waals surface area contributed by atoms with Crippen molar-refractivity contribution in [1.82, 2.24) is 24.7 Å². The first-order chi connectivity index (χ1) is 12.6. The second kappa shape index (κ2) is 6.72. The van der Waals surface area contributed by atoms with Crippen LogP contribution in [0.1, 0.15) is 17.9 Å². The van der Waals surface area contributed by atoms with Crippen LogP contribution in [-0.2, 0) is 18.3 Å². The summed E-state index contributed by atoms with van der Waals surface area (Å²) in [5, 5.41) is 9.71. The summed E-state index contributed by atoms with van der Waals surface area (Å²) in [6.45, 7) is 1.94. The molecule has 0 saturated carbocycles. The Kier molecular flexibility index (Phi) is 4.26. The molecule has 4 rings (SSSR count). The summed E-state index contributed by atoms with van der Waals surface area (Å²) >= 11 is 1.41. The van der Waals surface area contributed by atoms with Crippen molar-refractivity contribution in [3.8, 4) is 11.3 Å². The van der Waals surface area contributed by atoms with Gasteiger partial charge in [0.1, 0.15) is 5.82 Å². The van der Waals surface area contributed by atoms with Crippen molar-refractivity contribution >= 4 is 33.4 Å². The van der Waals surface area contributed by atoms with Gasteiger partial charge < -0.3 is 10.3 Å². The van der Waals surface area contributed by atoms with Crippen molar-refractivity contribution in [2.75, 3.05) is 5.32 Å². The third-order valence-electron chi connectivity index (χ3n) is 4.07. The van der Waals surface area contributed by atoms with Crippen molar-refractivity contribution in [3.63, 3.8) is 0 Å². The molecule has 8 heteroatoms. The summed E-state index contributed by atoms with van der Waals surface area (Å²) in [7, 11) is 1.88. The molecule has 0 aliphatic rings. The number of aryl methyl sites for hydroxylation is 3. The quantitative estimate of drug-likeness (QED) is 0.567. The van der Waals surface area contributed by atoms with Gasteiger partial charge in [0.25, 0.3) is 0 Å². The fourth-order valence-electron chi connectivity index (χ4n) is 2.84. The highest BCUT2D eigenvalue weighted by atomic mass is 32.1. The third kappa shape index (κ3) is 3.36. The molecular weight excluding hydrogens is 348 g/mol. The number of anilines is 1. The molecule has 3 heterocycles. The fourth-order valence-corrected chi connectivity index (χ4v) is 3.57. The van der Waals surface area contributed by atoms with Crippen LogP contribution in [0.3, 0.4) is 0 Å². The van der Waals surface area contributed by atoms with Gasteiger partial charge in [-0.1, -0.05) is 12.1 Å². The number of H-pyrrole nitrogens is 1. The number of aromatic amines is 1. The van der Waals surface area contributed by atoms with E-state index in [4.69, 9.17) is 0 Å². The smallest absolute Gasteiger partial charge is 0.226 e. The lowest BCUT2D eigenvalue weighted by Gasteiger charge is -2.00. The molecule has 0 atom stereocenters. The Balaban J connectivity index is 1.38. The van der Waals surface area contributed by atoms with Crippen molar-refractivity contribution in [1.29, 1.82) is 0 Å². The minimum atomic E-state index is -0.0748. The van der Waals surface area contributed by atoms with Crippen LogP contribution >= 0.6 is 11.3 Å². The van der Waals surface area contributed by atoms with E-state index < -0.39 is 0 Å². The van der Waals surface area contributed by atoms with E-state index in [0.29, 0.717) is 18.0 Å². The van der Waals surface area contributed by atoms with Crippen LogP contribution in [0.15, 0.2) is 35.8 Å². The number of hydrogen-bond acceptors (Lipinski definition) is 5. The van der Waals surface area contributed by atoms with E-state index in [1.807, 2.05) is 49.8 Å². The SMILES string of the molecule is Cc1nn(C)cc1-c1csc(NC(=O)CCc2nc3ccccc3[nH]2)n1. The third-order valence-corrected chi connectivity index (χ3v) is 4.82. The lowest BCUT2D eigenvalue weighted by atomic mass is 10.2. The van der Waals surface area contributed by atoms with Crippen LogP contribution in [0.2, 0.25) is 0 Å². The molecule has 0 radical (unpaired) electrons. The molecule has 132 valence electrons. The number of nitrogens with zero attached hydrogens (tertiary/aromatic N) is 4. The molecule has 4 aromatic rings. The molecular formula is C18H18N6OS. The molecule has 1 aromatic carbocycles. The minimum Gasteiger partial charge on any atom is -0.342 e. The zero-order valence-corrected chi connectivity index (χ0v) is 15.3. The van der Waals surface area contributed by atoms with E-state index in [1.54, 1.807) is 4.68 Å². The zero-order chi connectivity index (χ0) is 18.1. The number of para-hydroxylation sites is 2. The number of amides is 1. The summed E-state index contributed by atoms with van der Waals surface area (Å²) in [5.41, 5.74) is 4.62. The normalized spacial score (nSPS) is 11.2. The number of carbonyl (C=O) groups is 1. The zero-order valence-electron chi connectivity index (χ0n) is 14.5. The molecule has 1 amide bonds. The number of aromatic nitrogens is 5. The summed E-state index contributed by atoms with van der Waals surface area (Å²) in [5.74, 6) is 0.737. The maximum Gasteiger partial charge on any atom is 0.226 e. The van der Waals surface area contributed by atoms with Gasteiger partial charge in [-0.15, -0.1) is 11.3 Å². The van der Waals surface area contributed by atoms with Gasteiger partial charge in [-0.05, 0) is 19.1 Å². The van der Waals surface area contributed by atoms with E-state index in [-0.39, 0.29) is 5.91 Å². The lowest BCUT2D eigenvalue weighted by Crippen LogP contribution is -2.12. The highest BCUT2D eigenvalue weighted by Crippen LogP contribution is 2.26. The largest absolute Gasteiger partial charge is 0.342 e. The standard InChI is InChI=1S/C18H18N6OS/c1-11-12(9-24(2)23-11)15-10-26-18(21-15)22-17(25)8-7-16-19-13-5-3-4-6-14(13)20-16/h3-6,9-10H,7-8H2,1-2H3,(H,19,20)(H,21,22,25). The number of rotatable bonds is 5. The topological polar surface area (TPSA) is 88.5 Å². The minimum absolute atomic E-state index is 0.0748. The predicted octanol–water partition coefficient (Wildman–Crippen LogP) is 3.30. The second-order valence-electron chi connectivity index (χ2n) is 6.09. The molecule has 0 unspecified atom stereocenters. The summed E-state index contributed by atoms with van der Waals surface area (Å²) in [4.78, 5) is 24.4. The number of nitrogens with one attached hydrogen (secondary N) is 2. The van der Waals surface area contributed by atoms with Gasteiger partial charge in [-0.2, -0.15) is 5.10 Å². The van der Waals surface area contributed by atoms with Gasteiger partial charge in [0.2, 0.25) is 5.91 Å². The summed E-state index contributed by atoms with van der Waals surface area (Å²) in [6.07, 6.45) is 2.83. The number of imidazole rings is 1. The van der Waals surface area contributed by atoms with Crippen molar-refractivity contribution in [2.45, 2.75) is 19.8 Å². The van der Waals surface area contributed by atoms with Crippen molar-refractivity contribution in [3.05, 3.63) is 47.4 Å². The molecule has 7 nitrogen and oxygen atoms in total. The molecule has 0 bridgehead atoms. The lowest BCUT2D eigenvalue weighted by molar-refractivity contribution is -0.116. The summed E-state index contributed by atoms with van der Waals surface area (Å²) in [6, 6.07) is 7.83. The van der Waals surface area contributed by atoms with Crippen molar-refractivity contribution in [2.24, 2.45) is 7.05 Å². The van der Waals surface area contributed by atoms with Gasteiger partial charge in [0.15, 0.2) is 5.13 Å². The number of benzene rings is 1. The Morgan fingerprint density at radius 3 is 2.92 bits per heavy atom. The van der Waals surface area contributed by atoms with E-state index in [0.717, 1.165) is 33.8 Å². The number of fused-ring (bicyclic) bond motifs is 1. The van der Waals surface area contributed by atoms with E-state index >= 15 is 0 Å². The predicted molar refractivity (Wildman–Crippen MR) is 102 cm³/mol. The average molecular weight is 366 g/mol.